The van der Waals surface area contributed by atoms with Gasteiger partial charge >= 0.3 is 12.1 Å². The maximum Gasteiger partial charge on any atom is 0.416 e. The molecule has 0 amide bonds. The summed E-state index contributed by atoms with van der Waals surface area (Å²) >= 11 is 0. The third-order valence-electron chi connectivity index (χ3n) is 3.44. The normalized spacial score (nSPS) is 12.9. The summed E-state index contributed by atoms with van der Waals surface area (Å²) < 4.78 is 42.8. The predicted octanol–water partition coefficient (Wildman–Crippen LogP) is 5.03. The van der Waals surface area contributed by atoms with Crippen LogP contribution in [0.3, 0.4) is 0 Å². The van der Waals surface area contributed by atoms with Gasteiger partial charge in [0.05, 0.1) is 5.56 Å². The number of ether oxygens (including phenoxy) is 1. The van der Waals surface area contributed by atoms with Gasteiger partial charge in [0, 0.05) is 0 Å². The SMILES string of the molecule is O=C(O)C(CCC=Cc1ccccc1)Oc1ccc(C(F)(F)F)cc1. The summed E-state index contributed by atoms with van der Waals surface area (Å²) in [5, 5.41) is 9.21. The van der Waals surface area contributed by atoms with Crippen LogP contribution >= 0.6 is 0 Å². The first kappa shape index (κ1) is 18.6. The number of aliphatic carboxylic acids is 1. The van der Waals surface area contributed by atoms with Crippen molar-refractivity contribution in [3.63, 3.8) is 0 Å². The van der Waals surface area contributed by atoms with E-state index in [1.165, 1.54) is 0 Å². The van der Waals surface area contributed by atoms with Gasteiger partial charge in [-0.2, -0.15) is 13.2 Å². The minimum absolute atomic E-state index is 0.0902. The summed E-state index contributed by atoms with van der Waals surface area (Å²) in [7, 11) is 0. The van der Waals surface area contributed by atoms with Crippen LogP contribution in [0.25, 0.3) is 6.08 Å². The van der Waals surface area contributed by atoms with Gasteiger partial charge in [0.15, 0.2) is 6.10 Å². The molecule has 1 atom stereocenters. The molecule has 1 N–H and O–H groups in total. The highest BCUT2D eigenvalue weighted by Gasteiger charge is 2.30. The number of carboxylic acids is 1. The molecule has 25 heavy (non-hydrogen) atoms. The molecule has 0 radical (unpaired) electrons. The molecule has 0 aliphatic rings. The first-order valence-corrected chi connectivity index (χ1v) is 7.64. The number of rotatable bonds is 7. The van der Waals surface area contributed by atoms with Crippen LogP contribution in [-0.4, -0.2) is 17.2 Å². The van der Waals surface area contributed by atoms with E-state index in [1.54, 1.807) is 0 Å². The number of hydrogen-bond donors (Lipinski definition) is 1. The Hall–Kier alpha value is -2.76. The number of halogens is 3. The Morgan fingerprint density at radius 3 is 2.28 bits per heavy atom. The van der Waals surface area contributed by atoms with Gasteiger partial charge in [-0.3, -0.25) is 0 Å². The lowest BCUT2D eigenvalue weighted by Gasteiger charge is -2.15. The van der Waals surface area contributed by atoms with Gasteiger partial charge in [0.1, 0.15) is 5.75 Å². The number of hydrogen-bond acceptors (Lipinski definition) is 2. The van der Waals surface area contributed by atoms with E-state index in [-0.39, 0.29) is 12.2 Å². The average Bonchev–Trinajstić information content (AvgIpc) is 2.58. The van der Waals surface area contributed by atoms with Crippen molar-refractivity contribution in [3.05, 3.63) is 71.8 Å². The largest absolute Gasteiger partial charge is 0.479 e. The van der Waals surface area contributed by atoms with Crippen molar-refractivity contribution < 1.29 is 27.8 Å². The van der Waals surface area contributed by atoms with Crippen molar-refractivity contribution in [2.75, 3.05) is 0 Å². The van der Waals surface area contributed by atoms with E-state index in [0.29, 0.717) is 6.42 Å². The Labute approximate surface area is 143 Å². The quantitative estimate of drug-likeness (QED) is 0.762. The van der Waals surface area contributed by atoms with Crippen LogP contribution in [0.15, 0.2) is 60.7 Å². The molecular weight excluding hydrogens is 333 g/mol. The monoisotopic (exact) mass is 350 g/mol. The van der Waals surface area contributed by atoms with E-state index in [4.69, 9.17) is 4.74 Å². The Morgan fingerprint density at radius 1 is 1.08 bits per heavy atom. The van der Waals surface area contributed by atoms with E-state index in [9.17, 15) is 23.1 Å². The van der Waals surface area contributed by atoms with Crippen molar-refractivity contribution in [1.29, 1.82) is 0 Å². The molecule has 6 heteroatoms. The standard InChI is InChI=1S/C19H17F3O3/c20-19(21,22)15-10-12-16(13-11-15)25-17(18(23)24)9-5-4-8-14-6-2-1-3-7-14/h1-4,6-8,10-13,17H,5,9H2,(H,23,24). The molecule has 0 aromatic heterocycles. The average molecular weight is 350 g/mol. The summed E-state index contributed by atoms with van der Waals surface area (Å²) in [4.78, 5) is 11.3. The Bertz CT molecular complexity index is 707. The third kappa shape index (κ3) is 5.99. The summed E-state index contributed by atoms with van der Waals surface area (Å²) in [6.45, 7) is 0. The van der Waals surface area contributed by atoms with Crippen molar-refractivity contribution in [1.82, 2.24) is 0 Å². The Balaban J connectivity index is 1.92. The molecule has 2 aromatic carbocycles. The van der Waals surface area contributed by atoms with Crippen LogP contribution in [0.2, 0.25) is 0 Å². The lowest BCUT2D eigenvalue weighted by atomic mass is 10.1. The highest BCUT2D eigenvalue weighted by atomic mass is 19.4. The van der Waals surface area contributed by atoms with Crippen molar-refractivity contribution >= 4 is 12.0 Å². The molecule has 0 bridgehead atoms. The lowest BCUT2D eigenvalue weighted by Crippen LogP contribution is -2.26. The van der Waals surface area contributed by atoms with Crippen LogP contribution < -0.4 is 4.74 Å². The zero-order valence-corrected chi connectivity index (χ0v) is 13.2. The maximum atomic E-state index is 12.5. The van der Waals surface area contributed by atoms with Gasteiger partial charge in [-0.05, 0) is 42.7 Å². The second-order valence-corrected chi connectivity index (χ2v) is 5.36. The summed E-state index contributed by atoms with van der Waals surface area (Å²) in [6, 6.07) is 13.5. The molecule has 0 heterocycles. The van der Waals surface area contributed by atoms with Crippen molar-refractivity contribution in [2.24, 2.45) is 0 Å². The fraction of sp³-hybridized carbons (Fsp3) is 0.211. The van der Waals surface area contributed by atoms with E-state index < -0.39 is 23.8 Å². The smallest absolute Gasteiger partial charge is 0.416 e. The van der Waals surface area contributed by atoms with Gasteiger partial charge < -0.3 is 9.84 Å². The zero-order chi connectivity index (χ0) is 18.3. The second-order valence-electron chi connectivity index (χ2n) is 5.36. The maximum absolute atomic E-state index is 12.5. The minimum Gasteiger partial charge on any atom is -0.479 e. The van der Waals surface area contributed by atoms with Crippen LogP contribution in [0.5, 0.6) is 5.75 Å². The molecule has 0 aliphatic carbocycles. The summed E-state index contributed by atoms with van der Waals surface area (Å²) in [6.07, 6.45) is -1.19. The molecule has 1 unspecified atom stereocenters. The van der Waals surface area contributed by atoms with Gasteiger partial charge in [-0.15, -0.1) is 0 Å². The van der Waals surface area contributed by atoms with Crippen LogP contribution in [0.4, 0.5) is 13.2 Å². The summed E-state index contributed by atoms with van der Waals surface area (Å²) in [5.41, 5.74) is 0.190. The minimum atomic E-state index is -4.44. The van der Waals surface area contributed by atoms with Crippen LogP contribution in [-0.2, 0) is 11.0 Å². The highest BCUT2D eigenvalue weighted by molar-refractivity contribution is 5.72. The van der Waals surface area contributed by atoms with E-state index in [1.807, 2.05) is 42.5 Å². The molecule has 132 valence electrons. The fourth-order valence-corrected chi connectivity index (χ4v) is 2.15. The molecule has 2 rings (SSSR count). The van der Waals surface area contributed by atoms with Crippen LogP contribution in [0.1, 0.15) is 24.0 Å². The molecule has 0 spiro atoms. The van der Waals surface area contributed by atoms with E-state index in [0.717, 1.165) is 29.8 Å². The van der Waals surface area contributed by atoms with Gasteiger partial charge in [-0.25, -0.2) is 4.79 Å². The first-order chi connectivity index (χ1) is 11.9. The second kappa shape index (κ2) is 8.37. The number of carbonyl (C=O) groups is 1. The molecule has 0 saturated heterocycles. The highest BCUT2D eigenvalue weighted by Crippen LogP contribution is 2.30. The molecule has 3 nitrogen and oxygen atoms in total. The number of alkyl halides is 3. The number of carboxylic acid groups (broad SMARTS) is 1. The van der Waals surface area contributed by atoms with Gasteiger partial charge in [0.25, 0.3) is 0 Å². The molecular formula is C19H17F3O3. The van der Waals surface area contributed by atoms with Crippen molar-refractivity contribution in [3.8, 4) is 5.75 Å². The van der Waals surface area contributed by atoms with E-state index in [2.05, 4.69) is 0 Å². The fourth-order valence-electron chi connectivity index (χ4n) is 2.15. The Kier molecular flexibility index (Phi) is 6.22. The van der Waals surface area contributed by atoms with Crippen molar-refractivity contribution in [2.45, 2.75) is 25.1 Å². The van der Waals surface area contributed by atoms with E-state index >= 15 is 0 Å². The molecule has 0 aliphatic heterocycles. The van der Waals surface area contributed by atoms with Gasteiger partial charge in [-0.1, -0.05) is 42.5 Å². The molecule has 0 saturated carbocycles. The first-order valence-electron chi connectivity index (χ1n) is 7.64. The lowest BCUT2D eigenvalue weighted by molar-refractivity contribution is -0.145. The number of allylic oxidation sites excluding steroid dienone is 1. The molecule has 0 fully saturated rings. The topological polar surface area (TPSA) is 46.5 Å². The predicted molar refractivity (Wildman–Crippen MR) is 88.2 cm³/mol. The number of benzene rings is 2. The molecule has 2 aromatic rings. The van der Waals surface area contributed by atoms with Crippen LogP contribution in [0, 0.1) is 0 Å². The summed E-state index contributed by atoms with van der Waals surface area (Å²) in [5.74, 6) is -1.07. The Morgan fingerprint density at radius 2 is 1.72 bits per heavy atom. The zero-order valence-electron chi connectivity index (χ0n) is 13.2. The third-order valence-corrected chi connectivity index (χ3v) is 3.44. The van der Waals surface area contributed by atoms with Gasteiger partial charge in [0.2, 0.25) is 0 Å².